The lowest BCUT2D eigenvalue weighted by Gasteiger charge is -2.04. The molecule has 3 N–H and O–H groups in total. The summed E-state index contributed by atoms with van der Waals surface area (Å²) in [6.45, 7) is 2.70. The van der Waals surface area contributed by atoms with Crippen LogP contribution in [0.15, 0.2) is 60.8 Å². The number of carboxylic acid groups (broad SMARTS) is 1. The van der Waals surface area contributed by atoms with Gasteiger partial charge in [-0.05, 0) is 44.9 Å². The van der Waals surface area contributed by atoms with Crippen LogP contribution in [0.5, 0.6) is 0 Å². The predicted octanol–water partition coefficient (Wildman–Crippen LogP) is 5.29. The largest absolute Gasteiger partial charge is 0.465 e. The molecule has 28 heavy (non-hydrogen) atoms. The quantitative estimate of drug-likeness (QED) is 0.248. The maximum Gasteiger partial charge on any atom is 0.404 e. The van der Waals surface area contributed by atoms with Crippen LogP contribution in [0.4, 0.5) is 4.79 Å². The second-order valence-corrected chi connectivity index (χ2v) is 6.18. The van der Waals surface area contributed by atoms with E-state index in [9.17, 15) is 9.59 Å². The number of carbonyl (C=O) groups is 2. The lowest BCUT2D eigenvalue weighted by Crippen LogP contribution is -2.33. The molecule has 5 heteroatoms. The number of rotatable bonds is 16. The zero-order chi connectivity index (χ0) is 20.7. The fourth-order valence-electron chi connectivity index (χ4n) is 2.21. The van der Waals surface area contributed by atoms with Crippen molar-refractivity contribution in [1.29, 1.82) is 0 Å². The monoisotopic (exact) mass is 388 g/mol. The van der Waals surface area contributed by atoms with E-state index >= 15 is 0 Å². The Labute approximate surface area is 170 Å². The van der Waals surface area contributed by atoms with Crippen LogP contribution in [-0.4, -0.2) is 30.2 Å². The first-order valence-electron chi connectivity index (χ1n) is 10.1. The summed E-state index contributed by atoms with van der Waals surface area (Å²) >= 11 is 0. The van der Waals surface area contributed by atoms with Crippen molar-refractivity contribution in [3.8, 4) is 0 Å². The normalized spacial score (nSPS) is 12.2. The molecule has 0 aliphatic rings. The summed E-state index contributed by atoms with van der Waals surface area (Å²) in [6, 6.07) is 0. The van der Waals surface area contributed by atoms with Crippen LogP contribution in [0.1, 0.15) is 58.3 Å². The van der Waals surface area contributed by atoms with Crippen molar-refractivity contribution in [2.24, 2.45) is 0 Å². The molecule has 0 saturated carbocycles. The predicted molar refractivity (Wildman–Crippen MR) is 117 cm³/mol. The molecule has 0 aromatic carbocycles. The van der Waals surface area contributed by atoms with Crippen molar-refractivity contribution >= 4 is 12.0 Å². The minimum Gasteiger partial charge on any atom is -0.465 e. The van der Waals surface area contributed by atoms with Gasteiger partial charge in [-0.25, -0.2) is 4.79 Å². The molecule has 0 fully saturated rings. The summed E-state index contributed by atoms with van der Waals surface area (Å²) < 4.78 is 0. The van der Waals surface area contributed by atoms with Gasteiger partial charge in [-0.15, -0.1) is 0 Å². The molecule has 0 aromatic heterocycles. The molecule has 0 unspecified atom stereocenters. The third-order valence-corrected chi connectivity index (χ3v) is 3.66. The van der Waals surface area contributed by atoms with Gasteiger partial charge < -0.3 is 15.7 Å². The highest BCUT2D eigenvalue weighted by Crippen LogP contribution is 1.99. The van der Waals surface area contributed by atoms with Gasteiger partial charge in [-0.3, -0.25) is 4.79 Å². The van der Waals surface area contributed by atoms with Gasteiger partial charge in [-0.1, -0.05) is 67.7 Å². The standard InChI is InChI=1S/C23H36N2O3/c1-2-3-4-5-6-7-8-9-10-11-12-13-14-15-16-17-18-19-22(26)24-20-21-25-23(27)28/h3-4,6-7,9-10,12-13,15-16,25H,2,5,8,11,14,17-21H2,1H3,(H,24,26)(H,27,28)/b4-3-,7-6-,10-9-,13-12-,16-15-. The zero-order valence-corrected chi connectivity index (χ0v) is 17.1. The number of hydrogen-bond acceptors (Lipinski definition) is 2. The lowest BCUT2D eigenvalue weighted by molar-refractivity contribution is -0.121. The van der Waals surface area contributed by atoms with Crippen molar-refractivity contribution in [3.63, 3.8) is 0 Å². The molecule has 5 nitrogen and oxygen atoms in total. The highest BCUT2D eigenvalue weighted by atomic mass is 16.4. The first-order valence-corrected chi connectivity index (χ1v) is 10.1. The van der Waals surface area contributed by atoms with Crippen molar-refractivity contribution < 1.29 is 14.7 Å². The van der Waals surface area contributed by atoms with Gasteiger partial charge in [0, 0.05) is 19.5 Å². The summed E-state index contributed by atoms with van der Waals surface area (Å²) in [5, 5.41) is 13.3. The van der Waals surface area contributed by atoms with E-state index < -0.39 is 6.09 Å². The minimum atomic E-state index is -1.08. The Balaban J connectivity index is 3.51. The number of hydrogen-bond donors (Lipinski definition) is 3. The molecule has 0 bridgehead atoms. The summed E-state index contributed by atoms with van der Waals surface area (Å²) in [5.74, 6) is -0.0421. The molecule has 156 valence electrons. The highest BCUT2D eigenvalue weighted by Gasteiger charge is 1.99. The topological polar surface area (TPSA) is 78.4 Å². The van der Waals surface area contributed by atoms with E-state index in [1.807, 2.05) is 0 Å². The summed E-state index contributed by atoms with van der Waals surface area (Å²) in [4.78, 5) is 21.8. The van der Waals surface area contributed by atoms with Gasteiger partial charge >= 0.3 is 6.09 Å². The average molecular weight is 389 g/mol. The Bertz CT molecular complexity index is 546. The zero-order valence-electron chi connectivity index (χ0n) is 17.1. The molecule has 0 aliphatic carbocycles. The summed E-state index contributed by atoms with van der Waals surface area (Å²) in [5.41, 5.74) is 0. The Morgan fingerprint density at radius 2 is 1.18 bits per heavy atom. The van der Waals surface area contributed by atoms with Crippen molar-refractivity contribution in [2.75, 3.05) is 13.1 Å². The van der Waals surface area contributed by atoms with Crippen molar-refractivity contribution in [3.05, 3.63) is 60.8 Å². The van der Waals surface area contributed by atoms with Crippen LogP contribution >= 0.6 is 0 Å². The van der Waals surface area contributed by atoms with Crippen LogP contribution in [-0.2, 0) is 4.79 Å². The first kappa shape index (κ1) is 25.4. The SMILES string of the molecule is CC/C=C\C/C=C\C/C=C\C/C=C\C/C=C\CCCC(=O)NCCNC(=O)O. The Morgan fingerprint density at radius 3 is 1.68 bits per heavy atom. The van der Waals surface area contributed by atoms with Gasteiger partial charge in [0.25, 0.3) is 0 Å². The van der Waals surface area contributed by atoms with E-state index in [4.69, 9.17) is 5.11 Å². The average Bonchev–Trinajstić information content (AvgIpc) is 2.67. The number of nitrogens with one attached hydrogen (secondary N) is 2. The van der Waals surface area contributed by atoms with E-state index in [1.54, 1.807) is 0 Å². The Kier molecular flexibility index (Phi) is 18.9. The summed E-state index contributed by atoms with van der Waals surface area (Å²) in [6.07, 6.45) is 27.6. The molecular weight excluding hydrogens is 352 g/mol. The number of amides is 2. The highest BCUT2D eigenvalue weighted by molar-refractivity contribution is 5.75. The molecule has 0 radical (unpaired) electrons. The Hall–Kier alpha value is -2.56. The van der Waals surface area contributed by atoms with Crippen LogP contribution in [0, 0.1) is 0 Å². The number of carbonyl (C=O) groups excluding carboxylic acids is 1. The number of allylic oxidation sites excluding steroid dienone is 10. The molecule has 0 aromatic rings. The van der Waals surface area contributed by atoms with Gasteiger partial charge in [0.1, 0.15) is 0 Å². The maximum atomic E-state index is 11.5. The van der Waals surface area contributed by atoms with Crippen LogP contribution < -0.4 is 10.6 Å². The third-order valence-electron chi connectivity index (χ3n) is 3.66. The molecule has 2 amide bonds. The fraction of sp³-hybridized carbons (Fsp3) is 0.478. The van der Waals surface area contributed by atoms with Gasteiger partial charge in [0.2, 0.25) is 5.91 Å². The third kappa shape index (κ3) is 21.5. The van der Waals surface area contributed by atoms with Crippen LogP contribution in [0.2, 0.25) is 0 Å². The van der Waals surface area contributed by atoms with Crippen LogP contribution in [0.25, 0.3) is 0 Å². The first-order chi connectivity index (χ1) is 13.7. The molecule has 0 saturated heterocycles. The Morgan fingerprint density at radius 1 is 0.714 bits per heavy atom. The second-order valence-electron chi connectivity index (χ2n) is 6.18. The smallest absolute Gasteiger partial charge is 0.404 e. The van der Waals surface area contributed by atoms with E-state index in [-0.39, 0.29) is 12.5 Å². The van der Waals surface area contributed by atoms with Gasteiger partial charge in [0.15, 0.2) is 0 Å². The van der Waals surface area contributed by atoms with E-state index in [0.717, 1.165) is 44.9 Å². The molecule has 0 rings (SSSR count). The maximum absolute atomic E-state index is 11.5. The van der Waals surface area contributed by atoms with Crippen molar-refractivity contribution in [1.82, 2.24) is 10.6 Å². The molecule has 0 heterocycles. The minimum absolute atomic E-state index is 0.0421. The summed E-state index contributed by atoms with van der Waals surface area (Å²) in [7, 11) is 0. The van der Waals surface area contributed by atoms with Crippen molar-refractivity contribution in [2.45, 2.75) is 58.3 Å². The molecule has 0 spiro atoms. The van der Waals surface area contributed by atoms with E-state index in [2.05, 4.69) is 78.3 Å². The lowest BCUT2D eigenvalue weighted by atomic mass is 10.2. The molecule has 0 atom stereocenters. The van der Waals surface area contributed by atoms with Gasteiger partial charge in [-0.2, -0.15) is 0 Å². The van der Waals surface area contributed by atoms with E-state index in [1.165, 1.54) is 0 Å². The second kappa shape index (κ2) is 20.7. The molecular formula is C23H36N2O3. The number of unbranched alkanes of at least 4 members (excludes halogenated alkanes) is 1. The van der Waals surface area contributed by atoms with Crippen LogP contribution in [0.3, 0.4) is 0 Å². The fourth-order valence-corrected chi connectivity index (χ4v) is 2.21. The van der Waals surface area contributed by atoms with E-state index in [0.29, 0.717) is 13.0 Å². The van der Waals surface area contributed by atoms with Gasteiger partial charge in [0.05, 0.1) is 0 Å². The molecule has 0 aliphatic heterocycles.